The van der Waals surface area contributed by atoms with E-state index in [2.05, 4.69) is 54.4 Å². The van der Waals surface area contributed by atoms with E-state index in [9.17, 15) is 22.4 Å². The first kappa shape index (κ1) is 35.2. The highest BCUT2D eigenvalue weighted by atomic mass is 28.4. The lowest BCUT2D eigenvalue weighted by Crippen LogP contribution is -2.41. The number of ether oxygens (including phenoxy) is 1. The molecule has 9 nitrogen and oxygen atoms in total. The van der Waals surface area contributed by atoms with Gasteiger partial charge in [0.1, 0.15) is 23.8 Å². The lowest BCUT2D eigenvalue weighted by molar-refractivity contribution is -0.138. The molecule has 2 aromatic carbocycles. The standard InChI is InChI=1S/C34H40F4N6O3Si/c1-8-39-29-15-22(24-10-9-23(35)17-25(24)31-42-40-20-43(31)5)16-30(41-29)44-18-27-26(32(44)45)13-21(14-28(27)34(36,37)38)19-46-11-12-47-48(6,7)33(2,3)4/h9-10,13-17,20H,8,11-12,18-19H2,1-7H3,(H,39,41). The van der Waals surface area contributed by atoms with Crippen LogP contribution in [0.2, 0.25) is 18.1 Å². The van der Waals surface area contributed by atoms with Crippen LogP contribution < -0.4 is 10.2 Å². The van der Waals surface area contributed by atoms with Crippen molar-refractivity contribution >= 4 is 25.9 Å². The number of hydrogen-bond acceptors (Lipinski definition) is 7. The summed E-state index contributed by atoms with van der Waals surface area (Å²) in [5.74, 6) is -0.142. The minimum atomic E-state index is -4.70. The molecule has 1 aliphatic rings. The van der Waals surface area contributed by atoms with Crippen LogP contribution in [0.5, 0.6) is 0 Å². The van der Waals surface area contributed by atoms with Gasteiger partial charge >= 0.3 is 6.18 Å². The number of amides is 1. The van der Waals surface area contributed by atoms with E-state index in [1.165, 1.54) is 29.4 Å². The number of pyridine rings is 1. The van der Waals surface area contributed by atoms with Crippen LogP contribution in [-0.2, 0) is 35.5 Å². The SMILES string of the molecule is CCNc1cc(-c2ccc(F)cc2-c2nncn2C)cc(N2Cc3c(cc(COCCO[Si](C)(C)C(C)(C)C)cc3C(F)(F)F)C2=O)n1. The molecule has 0 bridgehead atoms. The van der Waals surface area contributed by atoms with Gasteiger partial charge in [0, 0.05) is 24.7 Å². The minimum Gasteiger partial charge on any atom is -0.414 e. The Bertz CT molecular complexity index is 1820. The predicted octanol–water partition coefficient (Wildman–Crippen LogP) is 7.83. The van der Waals surface area contributed by atoms with Crippen molar-refractivity contribution in [2.75, 3.05) is 30.0 Å². The number of aryl methyl sites for hydroxylation is 1. The second-order valence-electron chi connectivity index (χ2n) is 13.3. The number of nitrogens with zero attached hydrogens (tertiary/aromatic N) is 5. The average molecular weight is 685 g/mol. The number of aromatic nitrogens is 4. The molecule has 0 spiro atoms. The molecule has 0 aliphatic carbocycles. The summed E-state index contributed by atoms with van der Waals surface area (Å²) in [6, 6.07) is 10.1. The third-order valence-corrected chi connectivity index (χ3v) is 13.4. The van der Waals surface area contributed by atoms with Gasteiger partial charge in [-0.2, -0.15) is 13.2 Å². The van der Waals surface area contributed by atoms with Crippen LogP contribution in [0.1, 0.15) is 54.7 Å². The van der Waals surface area contributed by atoms with Gasteiger partial charge in [-0.1, -0.05) is 26.8 Å². The van der Waals surface area contributed by atoms with Gasteiger partial charge in [-0.25, -0.2) is 9.37 Å². The molecule has 0 fully saturated rings. The highest BCUT2D eigenvalue weighted by molar-refractivity contribution is 6.74. The topological polar surface area (TPSA) is 94.4 Å². The number of halogens is 4. The summed E-state index contributed by atoms with van der Waals surface area (Å²) >= 11 is 0. The number of fused-ring (bicyclic) bond motifs is 1. The third kappa shape index (κ3) is 7.30. The molecule has 5 rings (SSSR count). The number of hydrogen-bond donors (Lipinski definition) is 1. The summed E-state index contributed by atoms with van der Waals surface area (Å²) < 4.78 is 71.1. The second-order valence-corrected chi connectivity index (χ2v) is 18.1. The zero-order chi connectivity index (χ0) is 35.0. The number of nitrogens with one attached hydrogen (secondary N) is 1. The van der Waals surface area contributed by atoms with Gasteiger partial charge in [-0.15, -0.1) is 10.2 Å². The van der Waals surface area contributed by atoms with E-state index in [0.29, 0.717) is 41.5 Å². The molecule has 3 heterocycles. The average Bonchev–Trinajstić information content (AvgIpc) is 3.58. The van der Waals surface area contributed by atoms with E-state index < -0.39 is 31.8 Å². The number of benzene rings is 2. The predicted molar refractivity (Wildman–Crippen MR) is 179 cm³/mol. The van der Waals surface area contributed by atoms with E-state index in [1.807, 2.05) is 6.92 Å². The summed E-state index contributed by atoms with van der Waals surface area (Å²) in [4.78, 5) is 19.7. The van der Waals surface area contributed by atoms with Crippen molar-refractivity contribution in [3.05, 3.63) is 76.9 Å². The molecule has 48 heavy (non-hydrogen) atoms. The summed E-state index contributed by atoms with van der Waals surface area (Å²) in [5, 5.41) is 11.2. The van der Waals surface area contributed by atoms with Gasteiger partial charge < -0.3 is 19.0 Å². The Morgan fingerprint density at radius 3 is 2.40 bits per heavy atom. The highest BCUT2D eigenvalue weighted by Gasteiger charge is 2.41. The van der Waals surface area contributed by atoms with Crippen LogP contribution in [0.15, 0.2) is 48.8 Å². The summed E-state index contributed by atoms with van der Waals surface area (Å²) in [6.07, 6.45) is -3.21. The van der Waals surface area contributed by atoms with Crippen LogP contribution in [0, 0.1) is 5.82 Å². The molecule has 256 valence electrons. The molecule has 0 saturated heterocycles. The summed E-state index contributed by atoms with van der Waals surface area (Å²) in [7, 11) is -0.273. The van der Waals surface area contributed by atoms with E-state index in [-0.39, 0.29) is 47.3 Å². The molecule has 1 N–H and O–H groups in total. The Morgan fingerprint density at radius 1 is 1.00 bits per heavy atom. The number of anilines is 2. The molecular formula is C34H40F4N6O3Si. The first-order chi connectivity index (χ1) is 22.5. The molecule has 0 saturated carbocycles. The Morgan fingerprint density at radius 2 is 1.75 bits per heavy atom. The van der Waals surface area contributed by atoms with Gasteiger partial charge in [-0.3, -0.25) is 9.69 Å². The van der Waals surface area contributed by atoms with Crippen molar-refractivity contribution in [2.24, 2.45) is 7.05 Å². The normalized spacial score (nSPS) is 13.7. The molecule has 1 amide bonds. The van der Waals surface area contributed by atoms with Crippen molar-refractivity contribution < 1.29 is 31.5 Å². The third-order valence-electron chi connectivity index (χ3n) is 8.86. The van der Waals surface area contributed by atoms with Crippen molar-refractivity contribution in [2.45, 2.75) is 65.2 Å². The lowest BCUT2D eigenvalue weighted by Gasteiger charge is -2.36. The second kappa shape index (κ2) is 13.4. The van der Waals surface area contributed by atoms with Crippen molar-refractivity contribution in [3.63, 3.8) is 0 Å². The molecule has 2 aromatic heterocycles. The fourth-order valence-electron chi connectivity index (χ4n) is 5.31. The van der Waals surface area contributed by atoms with Crippen LogP contribution in [-0.4, -0.2) is 53.7 Å². The maximum Gasteiger partial charge on any atom is 0.416 e. The van der Waals surface area contributed by atoms with Crippen LogP contribution in [0.25, 0.3) is 22.5 Å². The Labute approximate surface area is 278 Å². The zero-order valence-electron chi connectivity index (χ0n) is 28.1. The van der Waals surface area contributed by atoms with E-state index in [1.54, 1.807) is 29.8 Å². The molecule has 0 unspecified atom stereocenters. The Balaban J connectivity index is 1.46. The summed E-state index contributed by atoms with van der Waals surface area (Å²) in [5.41, 5.74) is 0.743. The molecule has 0 atom stereocenters. The molecular weight excluding hydrogens is 644 g/mol. The summed E-state index contributed by atoms with van der Waals surface area (Å²) in [6.45, 7) is 13.0. The fourth-order valence-corrected chi connectivity index (χ4v) is 6.34. The van der Waals surface area contributed by atoms with E-state index >= 15 is 0 Å². The molecule has 0 radical (unpaired) electrons. The molecule has 1 aliphatic heterocycles. The van der Waals surface area contributed by atoms with Crippen LogP contribution in [0.3, 0.4) is 0 Å². The smallest absolute Gasteiger partial charge is 0.414 e. The fraction of sp³-hybridized carbons (Fsp3) is 0.412. The Kier molecular flexibility index (Phi) is 9.82. The molecule has 4 aromatic rings. The van der Waals surface area contributed by atoms with Gasteiger partial charge in [0.25, 0.3) is 5.91 Å². The number of carbonyl (C=O) groups excluding carboxylic acids is 1. The van der Waals surface area contributed by atoms with Gasteiger partial charge in [0.2, 0.25) is 0 Å². The quantitative estimate of drug-likeness (QED) is 0.0978. The van der Waals surface area contributed by atoms with Gasteiger partial charge in [0.15, 0.2) is 14.1 Å². The van der Waals surface area contributed by atoms with Gasteiger partial charge in [-0.05, 0) is 83.7 Å². The van der Waals surface area contributed by atoms with Crippen LogP contribution in [0.4, 0.5) is 29.2 Å². The first-order valence-electron chi connectivity index (χ1n) is 15.7. The van der Waals surface area contributed by atoms with Crippen molar-refractivity contribution in [3.8, 4) is 22.5 Å². The minimum absolute atomic E-state index is 0.0142. The monoisotopic (exact) mass is 684 g/mol. The first-order valence-corrected chi connectivity index (χ1v) is 18.6. The van der Waals surface area contributed by atoms with Crippen LogP contribution >= 0.6 is 0 Å². The maximum absolute atomic E-state index is 14.4. The van der Waals surface area contributed by atoms with Gasteiger partial charge in [0.05, 0.1) is 31.9 Å². The number of alkyl halides is 3. The van der Waals surface area contributed by atoms with E-state index in [0.717, 1.165) is 6.07 Å². The van der Waals surface area contributed by atoms with Crippen molar-refractivity contribution in [1.82, 2.24) is 19.7 Å². The largest absolute Gasteiger partial charge is 0.416 e. The number of rotatable bonds is 11. The zero-order valence-corrected chi connectivity index (χ0v) is 29.1. The number of carbonyl (C=O) groups is 1. The maximum atomic E-state index is 14.4. The Hall–Kier alpha value is -4.14. The molecule has 14 heteroatoms. The highest BCUT2D eigenvalue weighted by Crippen LogP contribution is 2.41. The van der Waals surface area contributed by atoms with Crippen molar-refractivity contribution in [1.29, 1.82) is 0 Å². The lowest BCUT2D eigenvalue weighted by atomic mass is 9.99. The van der Waals surface area contributed by atoms with E-state index in [4.69, 9.17) is 9.16 Å².